The highest BCUT2D eigenvalue weighted by Gasteiger charge is 2.21. The van der Waals surface area contributed by atoms with Crippen LogP contribution in [0.25, 0.3) is 11.1 Å². The van der Waals surface area contributed by atoms with E-state index in [9.17, 15) is 4.79 Å². The molecule has 0 aliphatic carbocycles. The summed E-state index contributed by atoms with van der Waals surface area (Å²) in [4.78, 5) is 18.5. The van der Waals surface area contributed by atoms with Crippen LogP contribution in [0, 0.1) is 0 Å². The van der Waals surface area contributed by atoms with Gasteiger partial charge in [0.15, 0.2) is 5.58 Å². The predicted octanol–water partition coefficient (Wildman–Crippen LogP) is 3.68. The number of amides is 1. The van der Waals surface area contributed by atoms with Gasteiger partial charge in [-0.15, -0.1) is 11.3 Å². The molecule has 2 aromatic heterocycles. The van der Waals surface area contributed by atoms with Crippen molar-refractivity contribution in [2.75, 3.05) is 13.7 Å². The fourth-order valence-electron chi connectivity index (χ4n) is 2.85. The molecule has 25 heavy (non-hydrogen) atoms. The fraction of sp³-hybridized carbons (Fsp3) is 0.333. The Morgan fingerprint density at radius 3 is 3.12 bits per heavy atom. The number of oxazole rings is 1. The lowest BCUT2D eigenvalue weighted by atomic mass is 10.2. The number of aromatic nitrogens is 1. The maximum Gasteiger partial charge on any atom is 0.261 e. The summed E-state index contributed by atoms with van der Waals surface area (Å²) < 4.78 is 16.5. The number of benzene rings is 1. The topological polar surface area (TPSA) is 73.6 Å². The Morgan fingerprint density at radius 2 is 2.32 bits per heavy atom. The van der Waals surface area contributed by atoms with Crippen molar-refractivity contribution < 1.29 is 18.7 Å². The van der Waals surface area contributed by atoms with Gasteiger partial charge in [0.2, 0.25) is 5.89 Å². The summed E-state index contributed by atoms with van der Waals surface area (Å²) in [6, 6.07) is 9.24. The second-order valence-corrected chi connectivity index (χ2v) is 6.94. The van der Waals surface area contributed by atoms with Crippen LogP contribution in [0.15, 0.2) is 34.7 Å². The summed E-state index contributed by atoms with van der Waals surface area (Å²) in [5.41, 5.74) is 1.38. The molecule has 130 valence electrons. The van der Waals surface area contributed by atoms with Crippen molar-refractivity contribution in [1.29, 1.82) is 0 Å². The average Bonchev–Trinajstić information content (AvgIpc) is 3.38. The van der Waals surface area contributed by atoms with Gasteiger partial charge in [-0.25, -0.2) is 4.98 Å². The molecular weight excluding hydrogens is 340 g/mol. The number of fused-ring (bicyclic) bond motifs is 1. The SMILES string of the molecule is COc1ccc2oc(CNC(=O)c3ccc(C4CCCO4)s3)nc2c1. The second kappa shape index (κ2) is 6.85. The lowest BCUT2D eigenvalue weighted by Gasteiger charge is -2.05. The third kappa shape index (κ3) is 3.38. The zero-order valence-electron chi connectivity index (χ0n) is 13.8. The van der Waals surface area contributed by atoms with Crippen molar-refractivity contribution in [3.05, 3.63) is 46.0 Å². The van der Waals surface area contributed by atoms with Gasteiger partial charge in [0, 0.05) is 17.6 Å². The number of carbonyl (C=O) groups excluding carboxylic acids is 1. The number of methoxy groups -OCH3 is 1. The third-order valence-electron chi connectivity index (χ3n) is 4.14. The van der Waals surface area contributed by atoms with E-state index < -0.39 is 0 Å². The Bertz CT molecular complexity index is 896. The zero-order valence-corrected chi connectivity index (χ0v) is 14.6. The standard InChI is InChI=1S/C18H18N2O4S/c1-22-11-4-5-13-12(9-11)20-17(24-13)10-19-18(21)16-7-6-15(25-16)14-3-2-8-23-14/h4-7,9,14H,2-3,8,10H2,1H3,(H,19,21). The van der Waals surface area contributed by atoms with Gasteiger partial charge < -0.3 is 19.2 Å². The maximum atomic E-state index is 12.3. The molecule has 1 amide bonds. The minimum atomic E-state index is -0.130. The Kier molecular flexibility index (Phi) is 4.42. The van der Waals surface area contributed by atoms with Crippen LogP contribution < -0.4 is 10.1 Å². The van der Waals surface area contributed by atoms with Crippen molar-refractivity contribution in [3.63, 3.8) is 0 Å². The third-order valence-corrected chi connectivity index (χ3v) is 5.31. The van der Waals surface area contributed by atoms with E-state index in [1.165, 1.54) is 11.3 Å². The van der Waals surface area contributed by atoms with Crippen LogP contribution in [0.4, 0.5) is 0 Å². The molecule has 0 radical (unpaired) electrons. The van der Waals surface area contributed by atoms with Crippen molar-refractivity contribution in [3.8, 4) is 5.75 Å². The highest BCUT2D eigenvalue weighted by atomic mass is 32.1. The molecule has 1 N–H and O–H groups in total. The number of hydrogen-bond acceptors (Lipinski definition) is 6. The van der Waals surface area contributed by atoms with Crippen LogP contribution in [0.2, 0.25) is 0 Å². The largest absolute Gasteiger partial charge is 0.497 e. The van der Waals surface area contributed by atoms with Gasteiger partial charge in [0.25, 0.3) is 5.91 Å². The van der Waals surface area contributed by atoms with Gasteiger partial charge in [-0.05, 0) is 37.1 Å². The number of rotatable bonds is 5. The molecule has 1 saturated heterocycles. The Morgan fingerprint density at radius 1 is 1.40 bits per heavy atom. The number of ether oxygens (including phenoxy) is 2. The monoisotopic (exact) mass is 358 g/mol. The van der Waals surface area contributed by atoms with Crippen LogP contribution in [-0.2, 0) is 11.3 Å². The predicted molar refractivity (Wildman–Crippen MR) is 94.0 cm³/mol. The van der Waals surface area contributed by atoms with Crippen molar-refractivity contribution in [1.82, 2.24) is 10.3 Å². The molecule has 1 aromatic carbocycles. The fourth-order valence-corrected chi connectivity index (χ4v) is 3.86. The van der Waals surface area contributed by atoms with Crippen LogP contribution in [0.1, 0.15) is 39.4 Å². The van der Waals surface area contributed by atoms with E-state index in [0.717, 1.165) is 30.1 Å². The highest BCUT2D eigenvalue weighted by Crippen LogP contribution is 2.33. The van der Waals surface area contributed by atoms with E-state index in [0.29, 0.717) is 21.9 Å². The van der Waals surface area contributed by atoms with E-state index >= 15 is 0 Å². The molecular formula is C18H18N2O4S. The van der Waals surface area contributed by atoms with E-state index in [1.807, 2.05) is 18.2 Å². The van der Waals surface area contributed by atoms with E-state index in [4.69, 9.17) is 13.9 Å². The normalized spacial score (nSPS) is 17.1. The molecule has 7 heteroatoms. The smallest absolute Gasteiger partial charge is 0.261 e. The first-order chi connectivity index (χ1) is 12.2. The Labute approximate surface area is 148 Å². The molecule has 1 atom stereocenters. The van der Waals surface area contributed by atoms with Gasteiger partial charge in [-0.2, -0.15) is 0 Å². The number of nitrogens with one attached hydrogen (secondary N) is 1. The Hall–Kier alpha value is -2.38. The molecule has 0 bridgehead atoms. The number of nitrogens with zero attached hydrogens (tertiary/aromatic N) is 1. The van der Waals surface area contributed by atoms with Crippen LogP contribution >= 0.6 is 11.3 Å². The van der Waals surface area contributed by atoms with E-state index in [-0.39, 0.29) is 18.6 Å². The van der Waals surface area contributed by atoms with Crippen molar-refractivity contribution in [2.45, 2.75) is 25.5 Å². The van der Waals surface area contributed by atoms with Crippen molar-refractivity contribution >= 4 is 28.3 Å². The Balaban J connectivity index is 1.41. The molecule has 1 aliphatic heterocycles. The first-order valence-corrected chi connectivity index (χ1v) is 8.97. The second-order valence-electron chi connectivity index (χ2n) is 5.83. The minimum absolute atomic E-state index is 0.130. The van der Waals surface area contributed by atoms with Gasteiger partial charge in [-0.1, -0.05) is 0 Å². The van der Waals surface area contributed by atoms with Crippen LogP contribution in [-0.4, -0.2) is 24.6 Å². The lowest BCUT2D eigenvalue weighted by Crippen LogP contribution is -2.21. The number of hydrogen-bond donors (Lipinski definition) is 1. The summed E-state index contributed by atoms with van der Waals surface area (Å²) in [7, 11) is 1.61. The first-order valence-electron chi connectivity index (χ1n) is 8.16. The molecule has 3 heterocycles. The summed E-state index contributed by atoms with van der Waals surface area (Å²) >= 11 is 1.48. The van der Waals surface area contributed by atoms with E-state index in [1.54, 1.807) is 19.2 Å². The van der Waals surface area contributed by atoms with Gasteiger partial charge in [0.1, 0.15) is 11.3 Å². The summed E-state index contributed by atoms with van der Waals surface area (Å²) in [6.07, 6.45) is 2.24. The summed E-state index contributed by atoms with van der Waals surface area (Å²) in [5, 5.41) is 2.85. The number of carbonyl (C=O) groups is 1. The van der Waals surface area contributed by atoms with Gasteiger partial charge in [0.05, 0.1) is 24.6 Å². The molecule has 1 fully saturated rings. The lowest BCUT2D eigenvalue weighted by molar-refractivity contribution is 0.0951. The summed E-state index contributed by atoms with van der Waals surface area (Å²) in [6.45, 7) is 1.04. The molecule has 0 spiro atoms. The molecule has 1 unspecified atom stereocenters. The molecule has 6 nitrogen and oxygen atoms in total. The van der Waals surface area contributed by atoms with Gasteiger partial charge in [-0.3, -0.25) is 4.79 Å². The first kappa shape index (κ1) is 16.1. The molecule has 1 aliphatic rings. The average molecular weight is 358 g/mol. The molecule has 4 rings (SSSR count). The summed E-state index contributed by atoms with van der Waals surface area (Å²) in [5.74, 6) is 1.05. The van der Waals surface area contributed by atoms with E-state index in [2.05, 4.69) is 10.3 Å². The van der Waals surface area contributed by atoms with Crippen molar-refractivity contribution in [2.24, 2.45) is 0 Å². The van der Waals surface area contributed by atoms with Crippen LogP contribution in [0.3, 0.4) is 0 Å². The number of thiophene rings is 1. The highest BCUT2D eigenvalue weighted by molar-refractivity contribution is 7.14. The van der Waals surface area contributed by atoms with Crippen LogP contribution in [0.5, 0.6) is 5.75 Å². The minimum Gasteiger partial charge on any atom is -0.497 e. The molecule has 3 aromatic rings. The quantitative estimate of drug-likeness (QED) is 0.753. The maximum absolute atomic E-state index is 12.3. The zero-order chi connectivity index (χ0) is 17.2. The van der Waals surface area contributed by atoms with Gasteiger partial charge >= 0.3 is 0 Å². The molecule has 0 saturated carbocycles.